The van der Waals surface area contributed by atoms with E-state index in [-0.39, 0.29) is 11.2 Å². The number of ether oxygens (including phenoxy) is 1. The maximum atomic E-state index is 10.8. The van der Waals surface area contributed by atoms with Gasteiger partial charge in [0.2, 0.25) is 0 Å². The molecule has 0 bridgehead atoms. The summed E-state index contributed by atoms with van der Waals surface area (Å²) >= 11 is 0. The largest absolute Gasteiger partial charge is 0.398 e. The number of nitro groups is 1. The maximum absolute atomic E-state index is 10.8. The molecule has 3 N–H and O–H groups in total. The van der Waals surface area contributed by atoms with Gasteiger partial charge in [-0.25, -0.2) is 0 Å². The van der Waals surface area contributed by atoms with E-state index in [0.29, 0.717) is 18.0 Å². The zero-order valence-corrected chi connectivity index (χ0v) is 10.3. The minimum absolute atomic E-state index is 0.00201. The molecule has 1 unspecified atom stereocenters. The summed E-state index contributed by atoms with van der Waals surface area (Å²) in [7, 11) is 0. The van der Waals surface area contributed by atoms with Gasteiger partial charge in [0.1, 0.15) is 0 Å². The van der Waals surface area contributed by atoms with Gasteiger partial charge in [-0.15, -0.1) is 0 Å². The molecule has 6 nitrogen and oxygen atoms in total. The van der Waals surface area contributed by atoms with Gasteiger partial charge in [0.05, 0.1) is 17.1 Å². The Bertz CT molecular complexity index is 456. The molecule has 1 aromatic rings. The smallest absolute Gasteiger partial charge is 0.273 e. The molecule has 18 heavy (non-hydrogen) atoms. The fourth-order valence-electron chi connectivity index (χ4n) is 2.19. The monoisotopic (exact) mass is 251 g/mol. The normalized spacial score (nSPS) is 23.6. The summed E-state index contributed by atoms with van der Waals surface area (Å²) in [5.74, 6) is 0. The first-order valence-corrected chi connectivity index (χ1v) is 5.89. The second kappa shape index (κ2) is 4.81. The van der Waals surface area contributed by atoms with Gasteiger partial charge in [-0.1, -0.05) is 0 Å². The van der Waals surface area contributed by atoms with Crippen molar-refractivity contribution >= 4 is 17.1 Å². The van der Waals surface area contributed by atoms with E-state index in [4.69, 9.17) is 10.5 Å². The van der Waals surface area contributed by atoms with Gasteiger partial charge in [-0.2, -0.15) is 0 Å². The van der Waals surface area contributed by atoms with Crippen LogP contribution in [0.25, 0.3) is 0 Å². The van der Waals surface area contributed by atoms with Crippen LogP contribution in [0.2, 0.25) is 0 Å². The zero-order valence-electron chi connectivity index (χ0n) is 10.3. The lowest BCUT2D eigenvalue weighted by Gasteiger charge is -2.35. The number of nitro benzene ring substituents is 1. The summed E-state index contributed by atoms with van der Waals surface area (Å²) in [6.45, 7) is 3.41. The lowest BCUT2D eigenvalue weighted by Crippen LogP contribution is -2.43. The Morgan fingerprint density at radius 2 is 2.28 bits per heavy atom. The van der Waals surface area contributed by atoms with Gasteiger partial charge in [-0.05, 0) is 25.8 Å². The molecule has 0 aliphatic carbocycles. The molecule has 0 amide bonds. The zero-order chi connectivity index (χ0) is 13.2. The fourth-order valence-corrected chi connectivity index (χ4v) is 2.19. The van der Waals surface area contributed by atoms with Gasteiger partial charge < -0.3 is 15.8 Å². The van der Waals surface area contributed by atoms with E-state index in [9.17, 15) is 10.1 Å². The molecule has 2 rings (SSSR count). The number of nitrogens with zero attached hydrogens (tertiary/aromatic N) is 1. The second-order valence-electron chi connectivity index (χ2n) is 4.91. The minimum Gasteiger partial charge on any atom is -0.398 e. The second-order valence-corrected chi connectivity index (χ2v) is 4.91. The number of rotatable bonds is 3. The molecule has 1 atom stereocenters. The first kappa shape index (κ1) is 12.6. The van der Waals surface area contributed by atoms with Gasteiger partial charge in [0.15, 0.2) is 0 Å². The molecule has 0 saturated carbocycles. The fraction of sp³-hybridized carbons (Fsp3) is 0.500. The first-order valence-electron chi connectivity index (χ1n) is 5.89. The maximum Gasteiger partial charge on any atom is 0.273 e. The predicted molar refractivity (Wildman–Crippen MR) is 69.6 cm³/mol. The Labute approximate surface area is 105 Å². The third-order valence-electron chi connectivity index (χ3n) is 3.03. The van der Waals surface area contributed by atoms with E-state index in [0.717, 1.165) is 19.4 Å². The summed E-state index contributed by atoms with van der Waals surface area (Å²) in [5.41, 5.74) is 6.52. The highest BCUT2D eigenvalue weighted by atomic mass is 16.6. The van der Waals surface area contributed by atoms with Gasteiger partial charge in [-0.3, -0.25) is 10.1 Å². The number of nitrogen functional groups attached to an aromatic ring is 1. The molecule has 0 radical (unpaired) electrons. The van der Waals surface area contributed by atoms with E-state index in [1.54, 1.807) is 6.07 Å². The third kappa shape index (κ3) is 2.89. The molecular weight excluding hydrogens is 234 g/mol. The van der Waals surface area contributed by atoms with Gasteiger partial charge >= 0.3 is 0 Å². The van der Waals surface area contributed by atoms with Crippen molar-refractivity contribution in [3.8, 4) is 0 Å². The summed E-state index contributed by atoms with van der Waals surface area (Å²) in [4.78, 5) is 10.3. The highest BCUT2D eigenvalue weighted by Gasteiger charge is 2.27. The van der Waals surface area contributed by atoms with Crippen molar-refractivity contribution in [1.82, 2.24) is 0 Å². The number of nitrogens with one attached hydrogen (secondary N) is 1. The van der Waals surface area contributed by atoms with Crippen LogP contribution in [0.5, 0.6) is 0 Å². The van der Waals surface area contributed by atoms with E-state index in [1.807, 2.05) is 6.92 Å². The highest BCUT2D eigenvalue weighted by Crippen LogP contribution is 2.28. The van der Waals surface area contributed by atoms with Crippen LogP contribution < -0.4 is 11.1 Å². The molecule has 1 aliphatic rings. The van der Waals surface area contributed by atoms with Gasteiger partial charge in [0.25, 0.3) is 5.69 Å². The molecule has 98 valence electrons. The highest BCUT2D eigenvalue weighted by molar-refractivity contribution is 5.62. The molecule has 1 fully saturated rings. The van der Waals surface area contributed by atoms with Crippen molar-refractivity contribution in [2.75, 3.05) is 24.3 Å². The summed E-state index contributed by atoms with van der Waals surface area (Å²) in [6, 6.07) is 4.55. The molecule has 0 aromatic heterocycles. The van der Waals surface area contributed by atoms with Crippen LogP contribution in [-0.4, -0.2) is 23.7 Å². The molecule has 6 heteroatoms. The van der Waals surface area contributed by atoms with Gasteiger partial charge in [0, 0.05) is 30.1 Å². The molecular formula is C12H17N3O3. The lowest BCUT2D eigenvalue weighted by molar-refractivity contribution is -0.384. The number of non-ortho nitro benzene ring substituents is 1. The van der Waals surface area contributed by atoms with Crippen LogP contribution in [0, 0.1) is 10.1 Å². The number of benzene rings is 1. The van der Waals surface area contributed by atoms with Crippen LogP contribution in [0.4, 0.5) is 17.1 Å². The molecule has 1 saturated heterocycles. The Hall–Kier alpha value is -1.82. The Morgan fingerprint density at radius 3 is 2.89 bits per heavy atom. The topological polar surface area (TPSA) is 90.4 Å². The average Bonchev–Trinajstić information content (AvgIpc) is 2.28. The van der Waals surface area contributed by atoms with Crippen LogP contribution in [0.3, 0.4) is 0 Å². The Kier molecular flexibility index (Phi) is 3.38. The SMILES string of the molecule is CC1(Nc2cc(N)cc([N+](=O)[O-])c2)CCCOC1. The molecule has 1 aromatic carbocycles. The molecule has 1 heterocycles. The van der Waals surface area contributed by atoms with Crippen molar-refractivity contribution in [3.05, 3.63) is 28.3 Å². The number of hydrogen-bond donors (Lipinski definition) is 2. The molecule has 1 aliphatic heterocycles. The summed E-state index contributed by atoms with van der Waals surface area (Å²) in [5, 5.41) is 14.1. The third-order valence-corrected chi connectivity index (χ3v) is 3.03. The summed E-state index contributed by atoms with van der Waals surface area (Å²) < 4.78 is 5.44. The van der Waals surface area contributed by atoms with Crippen LogP contribution >= 0.6 is 0 Å². The standard InChI is InChI=1S/C12H17N3O3/c1-12(3-2-4-18-8-12)14-10-5-9(13)6-11(7-10)15(16)17/h5-7,14H,2-4,8,13H2,1H3. The molecule has 0 spiro atoms. The van der Waals surface area contributed by atoms with Crippen molar-refractivity contribution in [2.45, 2.75) is 25.3 Å². The average molecular weight is 251 g/mol. The lowest BCUT2D eigenvalue weighted by atomic mass is 9.94. The quantitative estimate of drug-likeness (QED) is 0.488. The van der Waals surface area contributed by atoms with E-state index in [2.05, 4.69) is 5.32 Å². The van der Waals surface area contributed by atoms with E-state index in [1.165, 1.54) is 12.1 Å². The van der Waals surface area contributed by atoms with Crippen LogP contribution in [0.1, 0.15) is 19.8 Å². The van der Waals surface area contributed by atoms with Crippen LogP contribution in [-0.2, 0) is 4.74 Å². The first-order chi connectivity index (χ1) is 8.48. The summed E-state index contributed by atoms with van der Waals surface area (Å²) in [6.07, 6.45) is 1.95. The Balaban J connectivity index is 2.20. The predicted octanol–water partition coefficient (Wildman–Crippen LogP) is 2.16. The number of hydrogen-bond acceptors (Lipinski definition) is 5. The van der Waals surface area contributed by atoms with Crippen LogP contribution in [0.15, 0.2) is 18.2 Å². The van der Waals surface area contributed by atoms with E-state index < -0.39 is 4.92 Å². The minimum atomic E-state index is -0.443. The Morgan fingerprint density at radius 1 is 1.50 bits per heavy atom. The van der Waals surface area contributed by atoms with Crippen molar-refractivity contribution < 1.29 is 9.66 Å². The van der Waals surface area contributed by atoms with Crippen molar-refractivity contribution in [3.63, 3.8) is 0 Å². The number of nitrogens with two attached hydrogens (primary N) is 1. The van der Waals surface area contributed by atoms with E-state index >= 15 is 0 Å². The van der Waals surface area contributed by atoms with Crippen molar-refractivity contribution in [2.24, 2.45) is 0 Å². The van der Waals surface area contributed by atoms with Crippen molar-refractivity contribution in [1.29, 1.82) is 0 Å². The number of anilines is 2.